The maximum Gasteiger partial charge on any atom is 0.260 e. The molecule has 0 spiro atoms. The quantitative estimate of drug-likeness (QED) is 0.404. The highest BCUT2D eigenvalue weighted by atomic mass is 35.5. The number of anilines is 2. The Balaban J connectivity index is 2.26. The molecule has 11 heteroatoms. The standard InChI is InChI=1S/C16H15Cl2N5O3S/c17-8-2-1-6(3-9(8)18)12-10-11(19)13(14(20)26)27-15(10)23-16(22-12)21-7(4-24)5-25/h1-3,7,24-25H,4-5,19H2,(H2,20,26)(H,21,22,23). The number of nitrogens with zero attached hydrogens (tertiary/aromatic N) is 2. The molecule has 3 aromatic rings. The highest BCUT2D eigenvalue weighted by Crippen LogP contribution is 2.40. The minimum atomic E-state index is -0.673. The molecule has 0 fully saturated rings. The number of halogens is 2. The van der Waals surface area contributed by atoms with E-state index in [0.717, 1.165) is 11.3 Å². The first-order valence-corrected chi connectivity index (χ1v) is 9.26. The number of nitrogen functional groups attached to an aromatic ring is 1. The highest BCUT2D eigenvalue weighted by molar-refractivity contribution is 7.21. The number of rotatable bonds is 6. The summed E-state index contributed by atoms with van der Waals surface area (Å²) in [5, 5.41) is 22.6. The van der Waals surface area contributed by atoms with Gasteiger partial charge in [-0.2, -0.15) is 0 Å². The van der Waals surface area contributed by atoms with Crippen LogP contribution >= 0.6 is 34.5 Å². The Hall–Kier alpha value is -2.17. The number of hydrogen-bond donors (Lipinski definition) is 5. The van der Waals surface area contributed by atoms with Crippen LogP contribution in [0.4, 0.5) is 11.6 Å². The van der Waals surface area contributed by atoms with Gasteiger partial charge in [0.25, 0.3) is 5.91 Å². The topological polar surface area (TPSA) is 147 Å². The molecule has 27 heavy (non-hydrogen) atoms. The number of thiophene rings is 1. The van der Waals surface area contributed by atoms with Crippen LogP contribution in [0, 0.1) is 0 Å². The third kappa shape index (κ3) is 3.78. The van der Waals surface area contributed by atoms with Crippen LogP contribution in [0.1, 0.15) is 9.67 Å². The molecule has 1 amide bonds. The predicted octanol–water partition coefficient (Wildman–Crippen LogP) is 2.11. The summed E-state index contributed by atoms with van der Waals surface area (Å²) in [6, 6.07) is 4.28. The van der Waals surface area contributed by atoms with Crippen LogP contribution in [-0.2, 0) is 0 Å². The van der Waals surface area contributed by atoms with Crippen molar-refractivity contribution in [3.63, 3.8) is 0 Å². The molecule has 0 aliphatic heterocycles. The van der Waals surface area contributed by atoms with Crippen LogP contribution in [0.15, 0.2) is 18.2 Å². The second-order valence-corrected chi connectivity index (χ2v) is 7.43. The maximum absolute atomic E-state index is 11.7. The van der Waals surface area contributed by atoms with E-state index in [-0.39, 0.29) is 29.7 Å². The van der Waals surface area contributed by atoms with Crippen molar-refractivity contribution in [1.29, 1.82) is 0 Å². The van der Waals surface area contributed by atoms with Gasteiger partial charge in [-0.1, -0.05) is 29.3 Å². The second kappa shape index (κ2) is 7.83. The van der Waals surface area contributed by atoms with Crippen LogP contribution in [0.3, 0.4) is 0 Å². The summed E-state index contributed by atoms with van der Waals surface area (Å²) in [6.07, 6.45) is 0. The first-order valence-electron chi connectivity index (χ1n) is 7.69. The van der Waals surface area contributed by atoms with E-state index in [2.05, 4.69) is 15.3 Å². The second-order valence-electron chi connectivity index (χ2n) is 5.62. The third-order valence-corrected chi connectivity index (χ3v) is 5.63. The number of carbonyl (C=O) groups excluding carboxylic acids is 1. The van der Waals surface area contributed by atoms with Crippen molar-refractivity contribution >= 4 is 62.3 Å². The number of hydrogen-bond acceptors (Lipinski definition) is 8. The average Bonchev–Trinajstić information content (AvgIpc) is 2.98. The molecule has 0 saturated heterocycles. The van der Waals surface area contributed by atoms with Crippen molar-refractivity contribution in [2.45, 2.75) is 6.04 Å². The molecule has 0 unspecified atom stereocenters. The molecule has 0 radical (unpaired) electrons. The van der Waals surface area contributed by atoms with Crippen LogP contribution in [-0.4, -0.2) is 45.3 Å². The van der Waals surface area contributed by atoms with Gasteiger partial charge in [-0.25, -0.2) is 9.97 Å². The van der Waals surface area contributed by atoms with E-state index < -0.39 is 11.9 Å². The molecule has 0 atom stereocenters. The van der Waals surface area contributed by atoms with Crippen molar-refractivity contribution in [3.05, 3.63) is 33.1 Å². The van der Waals surface area contributed by atoms with Gasteiger partial charge in [0.1, 0.15) is 9.71 Å². The van der Waals surface area contributed by atoms with Gasteiger partial charge in [-0.05, 0) is 12.1 Å². The zero-order valence-electron chi connectivity index (χ0n) is 13.7. The number of aliphatic hydroxyl groups is 2. The molecular weight excluding hydrogens is 413 g/mol. The summed E-state index contributed by atoms with van der Waals surface area (Å²) >= 11 is 13.1. The zero-order chi connectivity index (χ0) is 19.7. The lowest BCUT2D eigenvalue weighted by molar-refractivity contribution is 0.100. The fourth-order valence-corrected chi connectivity index (χ4v) is 3.70. The molecule has 142 valence electrons. The lowest BCUT2D eigenvalue weighted by Crippen LogP contribution is -2.28. The minimum absolute atomic E-state index is 0.147. The Morgan fingerprint density at radius 1 is 1.22 bits per heavy atom. The molecular formula is C16H15Cl2N5O3S. The molecule has 2 aromatic heterocycles. The predicted molar refractivity (Wildman–Crippen MR) is 107 cm³/mol. The maximum atomic E-state index is 11.7. The molecule has 3 rings (SSSR count). The van der Waals surface area contributed by atoms with Gasteiger partial charge in [-0.3, -0.25) is 4.79 Å². The molecule has 0 aliphatic carbocycles. The van der Waals surface area contributed by atoms with Crippen molar-refractivity contribution < 1.29 is 15.0 Å². The van der Waals surface area contributed by atoms with E-state index in [1.54, 1.807) is 18.2 Å². The fourth-order valence-electron chi connectivity index (χ4n) is 2.45. The van der Waals surface area contributed by atoms with E-state index in [0.29, 0.717) is 31.5 Å². The summed E-state index contributed by atoms with van der Waals surface area (Å²) in [4.78, 5) is 21.0. The summed E-state index contributed by atoms with van der Waals surface area (Å²) in [5.41, 5.74) is 12.7. The Morgan fingerprint density at radius 3 is 2.52 bits per heavy atom. The lowest BCUT2D eigenvalue weighted by Gasteiger charge is -2.14. The first-order chi connectivity index (χ1) is 12.8. The third-order valence-electron chi connectivity index (χ3n) is 3.78. The normalized spacial score (nSPS) is 11.3. The number of benzene rings is 1. The van der Waals surface area contributed by atoms with E-state index in [9.17, 15) is 15.0 Å². The number of aliphatic hydroxyl groups excluding tert-OH is 2. The van der Waals surface area contributed by atoms with Gasteiger partial charge in [-0.15, -0.1) is 11.3 Å². The van der Waals surface area contributed by atoms with Gasteiger partial charge in [0.05, 0.1) is 46.1 Å². The molecule has 2 heterocycles. The number of aromatic nitrogens is 2. The number of nitrogens with two attached hydrogens (primary N) is 2. The zero-order valence-corrected chi connectivity index (χ0v) is 16.1. The van der Waals surface area contributed by atoms with Crippen LogP contribution < -0.4 is 16.8 Å². The van der Waals surface area contributed by atoms with Crippen LogP contribution in [0.5, 0.6) is 0 Å². The van der Waals surface area contributed by atoms with E-state index in [1.165, 1.54) is 0 Å². The van der Waals surface area contributed by atoms with Gasteiger partial charge < -0.3 is 27.0 Å². The van der Waals surface area contributed by atoms with Crippen molar-refractivity contribution in [3.8, 4) is 11.3 Å². The summed E-state index contributed by atoms with van der Waals surface area (Å²) < 4.78 is 0. The van der Waals surface area contributed by atoms with E-state index >= 15 is 0 Å². The Labute approximate surface area is 167 Å². The smallest absolute Gasteiger partial charge is 0.260 e. The monoisotopic (exact) mass is 427 g/mol. The van der Waals surface area contributed by atoms with Gasteiger partial charge in [0, 0.05) is 5.56 Å². The Kier molecular flexibility index (Phi) is 5.68. The average molecular weight is 428 g/mol. The van der Waals surface area contributed by atoms with E-state index in [4.69, 9.17) is 34.7 Å². The molecule has 0 bridgehead atoms. The highest BCUT2D eigenvalue weighted by Gasteiger charge is 2.22. The van der Waals surface area contributed by atoms with Crippen molar-refractivity contribution in [2.24, 2.45) is 5.73 Å². The Morgan fingerprint density at radius 2 is 1.93 bits per heavy atom. The summed E-state index contributed by atoms with van der Waals surface area (Å²) in [7, 11) is 0. The number of fused-ring (bicyclic) bond motifs is 1. The number of primary amides is 1. The van der Waals surface area contributed by atoms with Gasteiger partial charge in [0.15, 0.2) is 0 Å². The van der Waals surface area contributed by atoms with Crippen LogP contribution in [0.25, 0.3) is 21.5 Å². The number of amides is 1. The SMILES string of the molecule is NC(=O)c1sc2nc(NC(CO)CO)nc(-c3ccc(Cl)c(Cl)c3)c2c1N. The molecule has 0 aliphatic rings. The Bertz CT molecular complexity index is 1020. The number of nitrogens with one attached hydrogen (secondary N) is 1. The molecule has 7 N–H and O–H groups in total. The van der Waals surface area contributed by atoms with E-state index in [1.807, 2.05) is 0 Å². The summed E-state index contributed by atoms with van der Waals surface area (Å²) in [5.74, 6) is -0.525. The van der Waals surface area contributed by atoms with Gasteiger partial charge in [0.2, 0.25) is 5.95 Å². The molecule has 0 saturated carbocycles. The molecule has 8 nitrogen and oxygen atoms in total. The summed E-state index contributed by atoms with van der Waals surface area (Å²) in [6.45, 7) is -0.641. The largest absolute Gasteiger partial charge is 0.397 e. The minimum Gasteiger partial charge on any atom is -0.397 e. The van der Waals surface area contributed by atoms with Crippen LogP contribution in [0.2, 0.25) is 10.0 Å². The fraction of sp³-hybridized carbons (Fsp3) is 0.188. The van der Waals surface area contributed by atoms with Crippen molar-refractivity contribution in [2.75, 3.05) is 24.3 Å². The molecule has 1 aromatic carbocycles. The number of carbonyl (C=O) groups is 1. The first kappa shape index (κ1) is 19.6. The van der Waals surface area contributed by atoms with Gasteiger partial charge >= 0.3 is 0 Å². The lowest BCUT2D eigenvalue weighted by atomic mass is 10.1. The van der Waals surface area contributed by atoms with Crippen molar-refractivity contribution in [1.82, 2.24) is 9.97 Å².